The van der Waals surface area contributed by atoms with E-state index in [0.717, 1.165) is 44.7 Å². The summed E-state index contributed by atoms with van der Waals surface area (Å²) in [6.07, 6.45) is 3.16. The first-order valence-electron chi connectivity index (χ1n) is 9.22. The lowest BCUT2D eigenvalue weighted by Crippen LogP contribution is -2.43. The summed E-state index contributed by atoms with van der Waals surface area (Å²) in [5.74, 6) is -0.200. The van der Waals surface area contributed by atoms with E-state index in [4.69, 9.17) is 4.74 Å². The molecule has 0 saturated carbocycles. The lowest BCUT2D eigenvalue weighted by atomic mass is 9.81. The normalized spacial score (nSPS) is 20.3. The van der Waals surface area contributed by atoms with Gasteiger partial charge in [0.25, 0.3) is 0 Å². The highest BCUT2D eigenvalue weighted by Gasteiger charge is 2.40. The van der Waals surface area contributed by atoms with Crippen molar-refractivity contribution < 1.29 is 9.53 Å². The standard InChI is InChI=1S/C18H27N5O2/c1-2-6-22-7-3-8-23-16(13-22)11-15(21-23)12-20-17(24)18(14-19)4-9-25-10-5-18/h11H,2-10,12-13H2,1H3,(H,20,24). The highest BCUT2D eigenvalue weighted by Crippen LogP contribution is 2.30. The lowest BCUT2D eigenvalue weighted by molar-refractivity contribution is -0.132. The van der Waals surface area contributed by atoms with Gasteiger partial charge in [-0.15, -0.1) is 0 Å². The number of nitrogens with one attached hydrogen (secondary N) is 1. The largest absolute Gasteiger partial charge is 0.381 e. The first kappa shape index (κ1) is 17.9. The van der Waals surface area contributed by atoms with Crippen LogP contribution in [0.25, 0.3) is 0 Å². The second-order valence-corrected chi connectivity index (χ2v) is 6.97. The molecule has 136 valence electrons. The molecule has 0 bridgehead atoms. The van der Waals surface area contributed by atoms with E-state index in [9.17, 15) is 10.1 Å². The highest BCUT2D eigenvalue weighted by molar-refractivity contribution is 5.85. The molecule has 0 aromatic carbocycles. The van der Waals surface area contributed by atoms with Crippen LogP contribution in [0, 0.1) is 16.7 Å². The van der Waals surface area contributed by atoms with Crippen molar-refractivity contribution in [2.45, 2.75) is 52.2 Å². The molecule has 2 aliphatic heterocycles. The van der Waals surface area contributed by atoms with Gasteiger partial charge in [0.05, 0.1) is 24.0 Å². The Morgan fingerprint density at radius 1 is 1.44 bits per heavy atom. The van der Waals surface area contributed by atoms with Crippen molar-refractivity contribution in [2.24, 2.45) is 5.41 Å². The molecule has 2 aliphatic rings. The van der Waals surface area contributed by atoms with Crippen LogP contribution in [-0.4, -0.2) is 46.9 Å². The minimum Gasteiger partial charge on any atom is -0.381 e. The van der Waals surface area contributed by atoms with Crippen molar-refractivity contribution in [2.75, 3.05) is 26.3 Å². The molecule has 3 rings (SSSR count). The smallest absolute Gasteiger partial charge is 0.240 e. The molecule has 0 atom stereocenters. The van der Waals surface area contributed by atoms with Gasteiger partial charge in [-0.05, 0) is 38.3 Å². The molecule has 3 heterocycles. The van der Waals surface area contributed by atoms with Gasteiger partial charge in [0, 0.05) is 32.8 Å². The summed E-state index contributed by atoms with van der Waals surface area (Å²) < 4.78 is 7.35. The number of nitrogens with zero attached hydrogens (tertiary/aromatic N) is 4. The van der Waals surface area contributed by atoms with E-state index in [2.05, 4.69) is 39.1 Å². The zero-order valence-electron chi connectivity index (χ0n) is 15.0. The topological polar surface area (TPSA) is 83.2 Å². The summed E-state index contributed by atoms with van der Waals surface area (Å²) >= 11 is 0. The zero-order chi connectivity index (χ0) is 17.7. The van der Waals surface area contributed by atoms with Crippen LogP contribution in [0.4, 0.5) is 0 Å². The molecular weight excluding hydrogens is 318 g/mol. The number of ether oxygens (including phenoxy) is 1. The molecule has 25 heavy (non-hydrogen) atoms. The Hall–Kier alpha value is -1.91. The Labute approximate surface area is 148 Å². The van der Waals surface area contributed by atoms with Gasteiger partial charge < -0.3 is 10.1 Å². The number of hydrogen-bond donors (Lipinski definition) is 1. The van der Waals surface area contributed by atoms with Gasteiger partial charge in [-0.1, -0.05) is 6.92 Å². The van der Waals surface area contributed by atoms with Crippen LogP contribution in [0.2, 0.25) is 0 Å². The van der Waals surface area contributed by atoms with E-state index in [1.54, 1.807) is 0 Å². The molecule has 1 N–H and O–H groups in total. The Balaban J connectivity index is 1.62. The second kappa shape index (κ2) is 7.98. The minimum atomic E-state index is -0.951. The van der Waals surface area contributed by atoms with Gasteiger partial charge in [-0.25, -0.2) is 0 Å². The monoisotopic (exact) mass is 345 g/mol. The van der Waals surface area contributed by atoms with Crippen LogP contribution in [0.1, 0.15) is 44.0 Å². The number of rotatable bonds is 5. The summed E-state index contributed by atoms with van der Waals surface area (Å²) in [4.78, 5) is 15.0. The Morgan fingerprint density at radius 3 is 2.96 bits per heavy atom. The predicted octanol–water partition coefficient (Wildman–Crippen LogP) is 1.44. The van der Waals surface area contributed by atoms with E-state index >= 15 is 0 Å². The Bertz CT molecular complexity index is 642. The summed E-state index contributed by atoms with van der Waals surface area (Å²) in [6, 6.07) is 4.29. The number of amides is 1. The molecule has 1 amide bonds. The van der Waals surface area contributed by atoms with Crippen LogP contribution in [0.3, 0.4) is 0 Å². The summed E-state index contributed by atoms with van der Waals surface area (Å²) in [5.41, 5.74) is 1.12. The molecular formula is C18H27N5O2. The number of aryl methyl sites for hydroxylation is 1. The molecule has 7 heteroatoms. The average Bonchev–Trinajstić information content (AvgIpc) is 2.92. The molecule has 0 radical (unpaired) electrons. The number of carbonyl (C=O) groups is 1. The third-order valence-electron chi connectivity index (χ3n) is 5.11. The molecule has 1 aromatic heterocycles. The Morgan fingerprint density at radius 2 is 2.24 bits per heavy atom. The van der Waals surface area contributed by atoms with Crippen molar-refractivity contribution in [1.82, 2.24) is 20.0 Å². The Kier molecular flexibility index (Phi) is 5.71. The van der Waals surface area contributed by atoms with E-state index in [1.807, 2.05) is 0 Å². The van der Waals surface area contributed by atoms with Crippen LogP contribution in [-0.2, 0) is 29.2 Å². The number of nitriles is 1. The number of aromatic nitrogens is 2. The minimum absolute atomic E-state index is 0.200. The second-order valence-electron chi connectivity index (χ2n) is 6.97. The molecule has 7 nitrogen and oxygen atoms in total. The van der Waals surface area contributed by atoms with Gasteiger partial charge >= 0.3 is 0 Å². The first-order valence-corrected chi connectivity index (χ1v) is 9.22. The third kappa shape index (κ3) is 4.02. The fourth-order valence-corrected chi connectivity index (χ4v) is 3.63. The molecule has 0 spiro atoms. The maximum atomic E-state index is 12.5. The van der Waals surface area contributed by atoms with E-state index in [0.29, 0.717) is 32.6 Å². The van der Waals surface area contributed by atoms with Crippen LogP contribution >= 0.6 is 0 Å². The number of carbonyl (C=O) groups excluding carboxylic acids is 1. The van der Waals surface area contributed by atoms with Crippen molar-refractivity contribution in [3.63, 3.8) is 0 Å². The number of hydrogen-bond acceptors (Lipinski definition) is 5. The summed E-state index contributed by atoms with van der Waals surface area (Å²) in [7, 11) is 0. The van der Waals surface area contributed by atoms with E-state index < -0.39 is 5.41 Å². The summed E-state index contributed by atoms with van der Waals surface area (Å²) in [5, 5.41) is 17.0. The lowest BCUT2D eigenvalue weighted by Gasteiger charge is -2.29. The van der Waals surface area contributed by atoms with Crippen LogP contribution in [0.5, 0.6) is 0 Å². The zero-order valence-corrected chi connectivity index (χ0v) is 15.0. The number of fused-ring (bicyclic) bond motifs is 1. The van der Waals surface area contributed by atoms with E-state index in [-0.39, 0.29) is 5.91 Å². The summed E-state index contributed by atoms with van der Waals surface area (Å²) in [6.45, 7) is 7.54. The fourth-order valence-electron chi connectivity index (χ4n) is 3.63. The third-order valence-corrected chi connectivity index (χ3v) is 5.11. The molecule has 1 saturated heterocycles. The molecule has 1 aromatic rings. The van der Waals surface area contributed by atoms with Gasteiger partial charge in [-0.2, -0.15) is 10.4 Å². The highest BCUT2D eigenvalue weighted by atomic mass is 16.5. The average molecular weight is 345 g/mol. The maximum absolute atomic E-state index is 12.5. The van der Waals surface area contributed by atoms with E-state index in [1.165, 1.54) is 5.69 Å². The van der Waals surface area contributed by atoms with Gasteiger partial charge in [-0.3, -0.25) is 14.4 Å². The molecule has 0 aliphatic carbocycles. The molecule has 1 fully saturated rings. The van der Waals surface area contributed by atoms with Crippen LogP contribution < -0.4 is 5.32 Å². The SMILES string of the molecule is CCCN1CCCn2nc(CNC(=O)C3(C#N)CCOCC3)cc2C1. The van der Waals surface area contributed by atoms with Gasteiger partial charge in [0.15, 0.2) is 0 Å². The van der Waals surface area contributed by atoms with Crippen molar-refractivity contribution >= 4 is 5.91 Å². The fraction of sp³-hybridized carbons (Fsp3) is 0.722. The quantitative estimate of drug-likeness (QED) is 0.873. The van der Waals surface area contributed by atoms with Crippen molar-refractivity contribution in [3.05, 3.63) is 17.5 Å². The van der Waals surface area contributed by atoms with Gasteiger partial charge in [0.2, 0.25) is 5.91 Å². The first-order chi connectivity index (χ1) is 12.2. The maximum Gasteiger partial charge on any atom is 0.240 e. The van der Waals surface area contributed by atoms with Crippen molar-refractivity contribution in [3.8, 4) is 6.07 Å². The predicted molar refractivity (Wildman–Crippen MR) is 92.4 cm³/mol. The van der Waals surface area contributed by atoms with Crippen LogP contribution in [0.15, 0.2) is 6.07 Å². The van der Waals surface area contributed by atoms with Crippen molar-refractivity contribution in [1.29, 1.82) is 5.26 Å². The molecule has 0 unspecified atom stereocenters. The van der Waals surface area contributed by atoms with Gasteiger partial charge in [0.1, 0.15) is 5.41 Å².